The Hall–Kier alpha value is -0.500. The second-order valence-electron chi connectivity index (χ2n) is 5.69. The molecule has 1 aliphatic heterocycles. The van der Waals surface area contributed by atoms with Gasteiger partial charge in [0.15, 0.2) is 0 Å². The monoisotopic (exact) mass is 224 g/mol. The standard InChI is InChI=1S/C14H24O2/c1-11(2)12-6-5-8-14(15,10-12)13-7-3-4-9-16-13/h7,11-12,15H,3-6,8-10H2,1-2H3. The molecular weight excluding hydrogens is 200 g/mol. The van der Waals surface area contributed by atoms with E-state index in [1.807, 2.05) is 0 Å². The molecule has 0 spiro atoms. The average molecular weight is 224 g/mol. The molecule has 2 nitrogen and oxygen atoms in total. The zero-order chi connectivity index (χ0) is 11.6. The van der Waals surface area contributed by atoms with Crippen molar-refractivity contribution >= 4 is 0 Å². The molecule has 0 radical (unpaired) electrons. The topological polar surface area (TPSA) is 29.5 Å². The fourth-order valence-electron chi connectivity index (χ4n) is 2.97. The third-order valence-electron chi connectivity index (χ3n) is 4.10. The van der Waals surface area contributed by atoms with Gasteiger partial charge in [-0.25, -0.2) is 0 Å². The van der Waals surface area contributed by atoms with Crippen LogP contribution in [0.2, 0.25) is 0 Å². The Bertz CT molecular complexity index is 270. The molecule has 2 unspecified atom stereocenters. The summed E-state index contributed by atoms with van der Waals surface area (Å²) in [6.07, 6.45) is 8.40. The van der Waals surface area contributed by atoms with Crippen LogP contribution in [0.5, 0.6) is 0 Å². The molecule has 2 atom stereocenters. The predicted octanol–water partition coefficient (Wildman–Crippen LogP) is 3.26. The smallest absolute Gasteiger partial charge is 0.124 e. The first kappa shape index (κ1) is 12.0. The van der Waals surface area contributed by atoms with E-state index >= 15 is 0 Å². The van der Waals surface area contributed by atoms with Gasteiger partial charge in [-0.1, -0.05) is 13.8 Å². The van der Waals surface area contributed by atoms with Gasteiger partial charge in [0.2, 0.25) is 0 Å². The molecule has 16 heavy (non-hydrogen) atoms. The largest absolute Gasteiger partial charge is 0.495 e. The summed E-state index contributed by atoms with van der Waals surface area (Å²) < 4.78 is 5.66. The second-order valence-corrected chi connectivity index (χ2v) is 5.69. The van der Waals surface area contributed by atoms with E-state index in [-0.39, 0.29) is 0 Å². The molecule has 1 aliphatic carbocycles. The van der Waals surface area contributed by atoms with E-state index in [1.165, 1.54) is 6.42 Å². The summed E-state index contributed by atoms with van der Waals surface area (Å²) in [6, 6.07) is 0. The van der Waals surface area contributed by atoms with Crippen molar-refractivity contribution in [3.63, 3.8) is 0 Å². The van der Waals surface area contributed by atoms with E-state index in [0.717, 1.165) is 44.5 Å². The fraction of sp³-hybridized carbons (Fsp3) is 0.857. The minimum absolute atomic E-state index is 0.644. The summed E-state index contributed by atoms with van der Waals surface area (Å²) in [7, 11) is 0. The normalized spacial score (nSPS) is 35.8. The molecule has 1 saturated carbocycles. The average Bonchev–Trinajstić information content (AvgIpc) is 2.30. The number of hydrogen-bond donors (Lipinski definition) is 1. The summed E-state index contributed by atoms with van der Waals surface area (Å²) in [6.45, 7) is 5.29. The van der Waals surface area contributed by atoms with E-state index in [1.54, 1.807) is 0 Å². The van der Waals surface area contributed by atoms with Crippen LogP contribution < -0.4 is 0 Å². The van der Waals surface area contributed by atoms with Crippen molar-refractivity contribution in [3.05, 3.63) is 11.8 Å². The number of ether oxygens (including phenoxy) is 1. The first-order valence-electron chi connectivity index (χ1n) is 6.67. The van der Waals surface area contributed by atoms with Crippen LogP contribution in [0.25, 0.3) is 0 Å². The molecule has 0 saturated heterocycles. The van der Waals surface area contributed by atoms with Gasteiger partial charge >= 0.3 is 0 Å². The van der Waals surface area contributed by atoms with E-state index < -0.39 is 5.60 Å². The first-order valence-corrected chi connectivity index (χ1v) is 6.67. The van der Waals surface area contributed by atoms with E-state index in [2.05, 4.69) is 19.9 Å². The Kier molecular flexibility index (Phi) is 3.58. The van der Waals surface area contributed by atoms with Crippen molar-refractivity contribution in [2.75, 3.05) is 6.61 Å². The van der Waals surface area contributed by atoms with Crippen LogP contribution in [0.15, 0.2) is 11.8 Å². The molecule has 0 aromatic carbocycles. The third-order valence-corrected chi connectivity index (χ3v) is 4.10. The molecule has 0 aromatic heterocycles. The maximum absolute atomic E-state index is 10.7. The SMILES string of the molecule is CC(C)C1CCCC(O)(C2=CCCCO2)C1. The van der Waals surface area contributed by atoms with E-state index in [9.17, 15) is 5.11 Å². The fourth-order valence-corrected chi connectivity index (χ4v) is 2.97. The van der Waals surface area contributed by atoms with Gasteiger partial charge in [-0.05, 0) is 56.4 Å². The Morgan fingerprint density at radius 2 is 2.25 bits per heavy atom. The molecule has 1 fully saturated rings. The van der Waals surface area contributed by atoms with Gasteiger partial charge in [-0.15, -0.1) is 0 Å². The minimum Gasteiger partial charge on any atom is -0.495 e. The lowest BCUT2D eigenvalue weighted by Crippen LogP contribution is -2.40. The molecule has 0 amide bonds. The van der Waals surface area contributed by atoms with Crippen LogP contribution in [0.4, 0.5) is 0 Å². The van der Waals surface area contributed by atoms with Crippen molar-refractivity contribution in [1.29, 1.82) is 0 Å². The highest BCUT2D eigenvalue weighted by Gasteiger charge is 2.40. The number of aliphatic hydroxyl groups is 1. The van der Waals surface area contributed by atoms with Crippen molar-refractivity contribution in [2.24, 2.45) is 11.8 Å². The number of hydrogen-bond acceptors (Lipinski definition) is 2. The summed E-state index contributed by atoms with van der Waals surface area (Å²) in [4.78, 5) is 0. The van der Waals surface area contributed by atoms with Crippen molar-refractivity contribution in [2.45, 2.75) is 58.0 Å². The zero-order valence-corrected chi connectivity index (χ0v) is 10.5. The maximum Gasteiger partial charge on any atom is 0.124 e. The molecule has 2 aliphatic rings. The third kappa shape index (κ3) is 2.42. The van der Waals surface area contributed by atoms with Crippen molar-refractivity contribution in [3.8, 4) is 0 Å². The van der Waals surface area contributed by atoms with E-state index in [0.29, 0.717) is 11.8 Å². The lowest BCUT2D eigenvalue weighted by molar-refractivity contribution is -0.0431. The van der Waals surface area contributed by atoms with Crippen LogP contribution in [-0.4, -0.2) is 17.3 Å². The molecule has 0 aromatic rings. The van der Waals surface area contributed by atoms with Crippen LogP contribution in [0, 0.1) is 11.8 Å². The Morgan fingerprint density at radius 3 is 2.88 bits per heavy atom. The highest BCUT2D eigenvalue weighted by molar-refractivity contribution is 5.13. The van der Waals surface area contributed by atoms with Gasteiger partial charge in [0, 0.05) is 0 Å². The van der Waals surface area contributed by atoms with Crippen LogP contribution in [-0.2, 0) is 4.74 Å². The Morgan fingerprint density at radius 1 is 1.44 bits per heavy atom. The van der Waals surface area contributed by atoms with Gasteiger partial charge in [-0.2, -0.15) is 0 Å². The van der Waals surface area contributed by atoms with E-state index in [4.69, 9.17) is 4.74 Å². The van der Waals surface area contributed by atoms with Gasteiger partial charge in [0.05, 0.1) is 6.61 Å². The zero-order valence-electron chi connectivity index (χ0n) is 10.5. The van der Waals surface area contributed by atoms with Gasteiger partial charge in [0.1, 0.15) is 11.4 Å². The molecule has 1 heterocycles. The van der Waals surface area contributed by atoms with Gasteiger partial charge in [-0.3, -0.25) is 0 Å². The minimum atomic E-state index is -0.659. The highest BCUT2D eigenvalue weighted by atomic mass is 16.5. The molecule has 2 rings (SSSR count). The predicted molar refractivity (Wildman–Crippen MR) is 65.0 cm³/mol. The summed E-state index contributed by atoms with van der Waals surface area (Å²) in [5.41, 5.74) is -0.659. The molecule has 2 heteroatoms. The molecular formula is C14H24O2. The van der Waals surface area contributed by atoms with Crippen LogP contribution in [0.1, 0.15) is 52.4 Å². The Balaban J connectivity index is 2.08. The second kappa shape index (κ2) is 4.79. The number of rotatable bonds is 2. The van der Waals surface area contributed by atoms with Gasteiger partial charge < -0.3 is 9.84 Å². The van der Waals surface area contributed by atoms with Gasteiger partial charge in [0.25, 0.3) is 0 Å². The van der Waals surface area contributed by atoms with Crippen molar-refractivity contribution < 1.29 is 9.84 Å². The lowest BCUT2D eigenvalue weighted by Gasteiger charge is -2.40. The summed E-state index contributed by atoms with van der Waals surface area (Å²) in [5, 5.41) is 10.7. The van der Waals surface area contributed by atoms with Crippen LogP contribution >= 0.6 is 0 Å². The first-order chi connectivity index (χ1) is 7.62. The molecule has 1 N–H and O–H groups in total. The quantitative estimate of drug-likeness (QED) is 0.780. The molecule has 92 valence electrons. The molecule has 0 bridgehead atoms. The summed E-state index contributed by atoms with van der Waals surface area (Å²) >= 11 is 0. The maximum atomic E-state index is 10.7. The number of allylic oxidation sites excluding steroid dienone is 1. The summed E-state index contributed by atoms with van der Waals surface area (Å²) in [5.74, 6) is 2.17. The lowest BCUT2D eigenvalue weighted by atomic mass is 9.72. The van der Waals surface area contributed by atoms with Crippen LogP contribution in [0.3, 0.4) is 0 Å². The Labute approximate surface area is 98.7 Å². The van der Waals surface area contributed by atoms with Crippen molar-refractivity contribution in [1.82, 2.24) is 0 Å². The highest BCUT2D eigenvalue weighted by Crippen LogP contribution is 2.41.